The summed E-state index contributed by atoms with van der Waals surface area (Å²) < 4.78 is 0.973. The van der Waals surface area contributed by atoms with Crippen molar-refractivity contribution >= 4 is 38.2 Å². The molecule has 0 fully saturated rings. The Labute approximate surface area is 127 Å². The van der Waals surface area contributed by atoms with E-state index in [4.69, 9.17) is 5.73 Å². The lowest BCUT2D eigenvalue weighted by molar-refractivity contribution is 0.0637. The minimum Gasteiger partial charge on any atom is -0.396 e. The molecule has 0 saturated heterocycles. The Bertz CT molecular complexity index is 608. The Morgan fingerprint density at radius 1 is 1.45 bits per heavy atom. The fourth-order valence-corrected chi connectivity index (χ4v) is 2.64. The van der Waals surface area contributed by atoms with Gasteiger partial charge in [-0.25, -0.2) is 0 Å². The SMILES string of the molecule is CCCC(C)(O)CNc1c(N)cnc2ccc(Br)cc12. The first kappa shape index (κ1) is 15.1. The Morgan fingerprint density at radius 3 is 2.90 bits per heavy atom. The van der Waals surface area contributed by atoms with Gasteiger partial charge in [-0.05, 0) is 31.5 Å². The van der Waals surface area contributed by atoms with Crippen LogP contribution >= 0.6 is 15.9 Å². The van der Waals surface area contributed by atoms with Crippen molar-refractivity contribution in [2.45, 2.75) is 32.3 Å². The molecule has 0 spiro atoms. The lowest BCUT2D eigenvalue weighted by Gasteiger charge is -2.24. The smallest absolute Gasteiger partial charge is 0.0791 e. The van der Waals surface area contributed by atoms with Gasteiger partial charge in [-0.3, -0.25) is 4.98 Å². The molecule has 1 atom stereocenters. The highest BCUT2D eigenvalue weighted by molar-refractivity contribution is 9.10. The van der Waals surface area contributed by atoms with Crippen LogP contribution < -0.4 is 11.1 Å². The fourth-order valence-electron chi connectivity index (χ4n) is 2.28. The van der Waals surface area contributed by atoms with Crippen molar-refractivity contribution in [2.24, 2.45) is 0 Å². The maximum atomic E-state index is 10.3. The number of hydrogen-bond donors (Lipinski definition) is 3. The van der Waals surface area contributed by atoms with Crippen molar-refractivity contribution in [3.63, 3.8) is 0 Å². The number of aliphatic hydroxyl groups is 1. The lowest BCUT2D eigenvalue weighted by atomic mass is 10.0. The molecule has 1 unspecified atom stereocenters. The molecule has 0 aliphatic rings. The van der Waals surface area contributed by atoms with Gasteiger partial charge in [0.05, 0.1) is 28.7 Å². The number of hydrogen-bond acceptors (Lipinski definition) is 4. The molecule has 4 N–H and O–H groups in total. The molecule has 20 heavy (non-hydrogen) atoms. The first-order valence-corrected chi connectivity index (χ1v) is 7.52. The van der Waals surface area contributed by atoms with E-state index in [0.717, 1.165) is 33.9 Å². The van der Waals surface area contributed by atoms with Crippen LogP contribution in [0.25, 0.3) is 10.9 Å². The molecule has 108 valence electrons. The summed E-state index contributed by atoms with van der Waals surface area (Å²) in [4.78, 5) is 4.31. The van der Waals surface area contributed by atoms with Crippen molar-refractivity contribution in [1.29, 1.82) is 0 Å². The molecule has 2 aromatic rings. The Morgan fingerprint density at radius 2 is 2.20 bits per heavy atom. The van der Waals surface area contributed by atoms with Crippen LogP contribution in [0.5, 0.6) is 0 Å². The van der Waals surface area contributed by atoms with Crippen LogP contribution in [0, 0.1) is 0 Å². The standard InChI is InChI=1S/C15H20BrN3O/c1-3-6-15(2,20)9-19-14-11-7-10(16)4-5-13(11)18-8-12(14)17/h4-5,7-8,20H,3,6,9,17H2,1-2H3,(H,18,19). The van der Waals surface area contributed by atoms with Crippen molar-refractivity contribution < 1.29 is 5.11 Å². The highest BCUT2D eigenvalue weighted by atomic mass is 79.9. The molecule has 0 saturated carbocycles. The molecular weight excluding hydrogens is 318 g/mol. The first-order chi connectivity index (χ1) is 9.43. The normalized spacial score (nSPS) is 14.2. The third-order valence-corrected chi connectivity index (χ3v) is 3.79. The van der Waals surface area contributed by atoms with Gasteiger partial charge in [-0.2, -0.15) is 0 Å². The average molecular weight is 338 g/mol. The lowest BCUT2D eigenvalue weighted by Crippen LogP contribution is -2.33. The number of nitrogens with zero attached hydrogens (tertiary/aromatic N) is 1. The van der Waals surface area contributed by atoms with Gasteiger partial charge in [0.1, 0.15) is 0 Å². The van der Waals surface area contributed by atoms with Gasteiger partial charge in [0, 0.05) is 16.4 Å². The summed E-state index contributed by atoms with van der Waals surface area (Å²) in [7, 11) is 0. The van der Waals surface area contributed by atoms with Crippen molar-refractivity contribution in [3.8, 4) is 0 Å². The van der Waals surface area contributed by atoms with Gasteiger partial charge >= 0.3 is 0 Å². The van der Waals surface area contributed by atoms with Gasteiger partial charge in [0.15, 0.2) is 0 Å². The topological polar surface area (TPSA) is 71.2 Å². The average Bonchev–Trinajstić information content (AvgIpc) is 2.37. The van der Waals surface area contributed by atoms with E-state index in [9.17, 15) is 5.11 Å². The zero-order valence-electron chi connectivity index (χ0n) is 11.8. The van der Waals surface area contributed by atoms with E-state index in [-0.39, 0.29) is 0 Å². The highest BCUT2D eigenvalue weighted by Gasteiger charge is 2.19. The summed E-state index contributed by atoms with van der Waals surface area (Å²) >= 11 is 3.46. The number of anilines is 2. The molecule has 0 aliphatic carbocycles. The van der Waals surface area contributed by atoms with Gasteiger partial charge in [-0.15, -0.1) is 0 Å². The number of benzene rings is 1. The Kier molecular flexibility index (Phi) is 4.50. The molecule has 0 amide bonds. The molecule has 0 aliphatic heterocycles. The van der Waals surface area contributed by atoms with E-state index in [1.165, 1.54) is 0 Å². The number of rotatable bonds is 5. The number of nitrogens with two attached hydrogens (primary N) is 1. The zero-order chi connectivity index (χ0) is 14.8. The minimum atomic E-state index is -0.747. The largest absolute Gasteiger partial charge is 0.396 e. The zero-order valence-corrected chi connectivity index (χ0v) is 13.4. The number of halogens is 1. The molecule has 0 radical (unpaired) electrons. The van der Waals surface area contributed by atoms with Crippen molar-refractivity contribution in [3.05, 3.63) is 28.9 Å². The number of fused-ring (bicyclic) bond motifs is 1. The summed E-state index contributed by atoms with van der Waals surface area (Å²) in [6.07, 6.45) is 3.33. The molecule has 1 aromatic carbocycles. The summed E-state index contributed by atoms with van der Waals surface area (Å²) in [5.74, 6) is 0. The monoisotopic (exact) mass is 337 g/mol. The van der Waals surface area contributed by atoms with Crippen molar-refractivity contribution in [1.82, 2.24) is 4.98 Å². The summed E-state index contributed by atoms with van der Waals surface area (Å²) in [6, 6.07) is 5.87. The van der Waals surface area contributed by atoms with E-state index in [1.807, 2.05) is 25.1 Å². The molecule has 1 aromatic heterocycles. The number of aromatic nitrogens is 1. The summed E-state index contributed by atoms with van der Waals surface area (Å²) in [5.41, 5.74) is 7.56. The quantitative estimate of drug-likeness (QED) is 0.780. The van der Waals surface area contributed by atoms with Gasteiger partial charge in [-0.1, -0.05) is 29.3 Å². The van der Waals surface area contributed by atoms with E-state index in [0.29, 0.717) is 12.2 Å². The molecule has 1 heterocycles. The fraction of sp³-hybridized carbons (Fsp3) is 0.400. The Hall–Kier alpha value is -1.33. The summed E-state index contributed by atoms with van der Waals surface area (Å²) in [6.45, 7) is 4.34. The molecule has 2 rings (SSSR count). The van der Waals surface area contributed by atoms with Crippen LogP contribution in [0.1, 0.15) is 26.7 Å². The van der Waals surface area contributed by atoms with Crippen LogP contribution in [-0.2, 0) is 0 Å². The highest BCUT2D eigenvalue weighted by Crippen LogP contribution is 2.30. The van der Waals surface area contributed by atoms with Crippen LogP contribution in [-0.4, -0.2) is 22.2 Å². The van der Waals surface area contributed by atoms with Crippen LogP contribution in [0.2, 0.25) is 0 Å². The van der Waals surface area contributed by atoms with Gasteiger partial charge in [0.2, 0.25) is 0 Å². The van der Waals surface area contributed by atoms with E-state index in [1.54, 1.807) is 6.20 Å². The Balaban J connectivity index is 2.33. The van der Waals surface area contributed by atoms with Crippen LogP contribution in [0.3, 0.4) is 0 Å². The third kappa shape index (κ3) is 3.41. The van der Waals surface area contributed by atoms with Crippen LogP contribution in [0.4, 0.5) is 11.4 Å². The first-order valence-electron chi connectivity index (χ1n) is 6.73. The maximum Gasteiger partial charge on any atom is 0.0791 e. The van der Waals surface area contributed by atoms with Crippen LogP contribution in [0.15, 0.2) is 28.9 Å². The van der Waals surface area contributed by atoms with Gasteiger partial charge in [0.25, 0.3) is 0 Å². The second-order valence-corrected chi connectivity index (χ2v) is 6.27. The van der Waals surface area contributed by atoms with E-state index in [2.05, 4.69) is 33.2 Å². The predicted molar refractivity (Wildman–Crippen MR) is 87.9 cm³/mol. The molecule has 4 nitrogen and oxygen atoms in total. The molecular formula is C15H20BrN3O. The second-order valence-electron chi connectivity index (χ2n) is 5.35. The number of pyridine rings is 1. The van der Waals surface area contributed by atoms with E-state index >= 15 is 0 Å². The van der Waals surface area contributed by atoms with Crippen molar-refractivity contribution in [2.75, 3.05) is 17.6 Å². The molecule has 0 bridgehead atoms. The van der Waals surface area contributed by atoms with Gasteiger partial charge < -0.3 is 16.2 Å². The third-order valence-electron chi connectivity index (χ3n) is 3.29. The summed E-state index contributed by atoms with van der Waals surface area (Å²) in [5, 5.41) is 14.5. The van der Waals surface area contributed by atoms with E-state index < -0.39 is 5.60 Å². The number of nitrogen functional groups attached to an aromatic ring is 1. The number of nitrogens with one attached hydrogen (secondary N) is 1. The second kappa shape index (κ2) is 5.97. The molecule has 5 heteroatoms. The minimum absolute atomic E-state index is 0.455. The maximum absolute atomic E-state index is 10.3. The predicted octanol–water partition coefficient (Wildman–Crippen LogP) is 3.54.